The second-order valence-electron chi connectivity index (χ2n) is 4.03. The van der Waals surface area contributed by atoms with Gasteiger partial charge >= 0.3 is 0 Å². The molecule has 0 spiro atoms. The fourth-order valence-electron chi connectivity index (χ4n) is 1.72. The van der Waals surface area contributed by atoms with Gasteiger partial charge in [-0.25, -0.2) is 0 Å². The van der Waals surface area contributed by atoms with Gasteiger partial charge in [0.1, 0.15) is 0 Å². The van der Waals surface area contributed by atoms with E-state index in [1.165, 1.54) is 17.5 Å². The number of hydrogen-bond donors (Lipinski definition) is 2. The lowest BCUT2D eigenvalue weighted by molar-refractivity contribution is 0.618. The van der Waals surface area contributed by atoms with Crippen LogP contribution in [0.5, 0.6) is 0 Å². The topological polar surface area (TPSA) is 52.0 Å². The Kier molecular flexibility index (Phi) is 5.37. The molecule has 0 saturated heterocycles. The molecular formula is C13H22N2. The first kappa shape index (κ1) is 12.2. The van der Waals surface area contributed by atoms with Crippen LogP contribution in [0.15, 0.2) is 24.3 Å². The summed E-state index contributed by atoms with van der Waals surface area (Å²) >= 11 is 0. The highest BCUT2D eigenvalue weighted by Gasteiger charge is 2.04. The molecule has 0 heterocycles. The number of aryl methyl sites for hydroxylation is 1. The zero-order chi connectivity index (χ0) is 11.1. The van der Waals surface area contributed by atoms with Crippen LogP contribution in [0.25, 0.3) is 0 Å². The molecular weight excluding hydrogens is 184 g/mol. The van der Waals surface area contributed by atoms with Crippen molar-refractivity contribution >= 4 is 0 Å². The van der Waals surface area contributed by atoms with Gasteiger partial charge in [0.05, 0.1) is 0 Å². The van der Waals surface area contributed by atoms with Gasteiger partial charge in [-0.2, -0.15) is 0 Å². The largest absolute Gasteiger partial charge is 0.330 e. The molecule has 0 saturated carbocycles. The molecule has 1 aromatic carbocycles. The molecule has 0 radical (unpaired) electrons. The van der Waals surface area contributed by atoms with Gasteiger partial charge in [-0.1, -0.05) is 37.6 Å². The third-order valence-electron chi connectivity index (χ3n) is 2.67. The van der Waals surface area contributed by atoms with Gasteiger partial charge < -0.3 is 11.5 Å². The quantitative estimate of drug-likeness (QED) is 0.751. The zero-order valence-corrected chi connectivity index (χ0v) is 9.58. The standard InChI is InChI=1S/C13H22N2/c1-2-4-11-6-8-12(9-7-11)13(15)5-3-10-14/h6-9,13H,2-5,10,14-15H2,1H3. The average molecular weight is 206 g/mol. The third-order valence-corrected chi connectivity index (χ3v) is 2.67. The highest BCUT2D eigenvalue weighted by atomic mass is 14.6. The van der Waals surface area contributed by atoms with Crippen molar-refractivity contribution in [2.45, 2.75) is 38.6 Å². The van der Waals surface area contributed by atoms with Crippen molar-refractivity contribution < 1.29 is 0 Å². The minimum absolute atomic E-state index is 0.143. The second kappa shape index (κ2) is 6.59. The molecule has 2 heteroatoms. The van der Waals surface area contributed by atoms with Gasteiger partial charge in [0, 0.05) is 6.04 Å². The minimum Gasteiger partial charge on any atom is -0.330 e. The van der Waals surface area contributed by atoms with Crippen LogP contribution in [0, 0.1) is 0 Å². The summed E-state index contributed by atoms with van der Waals surface area (Å²) in [7, 11) is 0. The molecule has 0 aromatic heterocycles. The molecule has 1 rings (SSSR count). The molecule has 84 valence electrons. The second-order valence-corrected chi connectivity index (χ2v) is 4.03. The highest BCUT2D eigenvalue weighted by molar-refractivity contribution is 5.24. The molecule has 15 heavy (non-hydrogen) atoms. The lowest BCUT2D eigenvalue weighted by Gasteiger charge is -2.11. The molecule has 4 N–H and O–H groups in total. The summed E-state index contributed by atoms with van der Waals surface area (Å²) in [5, 5.41) is 0. The maximum absolute atomic E-state index is 6.05. The maximum Gasteiger partial charge on any atom is 0.0295 e. The van der Waals surface area contributed by atoms with Crippen LogP contribution < -0.4 is 11.5 Å². The number of hydrogen-bond acceptors (Lipinski definition) is 2. The zero-order valence-electron chi connectivity index (χ0n) is 9.58. The molecule has 2 nitrogen and oxygen atoms in total. The van der Waals surface area contributed by atoms with Crippen LogP contribution in [0.3, 0.4) is 0 Å². The predicted molar refractivity (Wildman–Crippen MR) is 65.7 cm³/mol. The van der Waals surface area contributed by atoms with E-state index >= 15 is 0 Å². The van der Waals surface area contributed by atoms with Gasteiger partial charge in [-0.3, -0.25) is 0 Å². The van der Waals surface area contributed by atoms with Crippen molar-refractivity contribution in [1.82, 2.24) is 0 Å². The molecule has 0 aliphatic heterocycles. The van der Waals surface area contributed by atoms with Crippen molar-refractivity contribution in [3.8, 4) is 0 Å². The van der Waals surface area contributed by atoms with Crippen molar-refractivity contribution in [2.75, 3.05) is 6.54 Å². The van der Waals surface area contributed by atoms with Crippen LogP contribution >= 0.6 is 0 Å². The molecule has 0 aliphatic carbocycles. The Morgan fingerprint density at radius 3 is 2.40 bits per heavy atom. The molecule has 1 atom stereocenters. The maximum atomic E-state index is 6.05. The lowest BCUT2D eigenvalue weighted by Crippen LogP contribution is -2.12. The summed E-state index contributed by atoms with van der Waals surface area (Å²) in [5.41, 5.74) is 14.1. The van der Waals surface area contributed by atoms with E-state index in [0.29, 0.717) is 0 Å². The normalized spacial score (nSPS) is 12.7. The summed E-state index contributed by atoms with van der Waals surface area (Å²) in [6.45, 7) is 2.92. The molecule has 0 fully saturated rings. The Hall–Kier alpha value is -0.860. The van der Waals surface area contributed by atoms with E-state index in [1.54, 1.807) is 0 Å². The van der Waals surface area contributed by atoms with Gasteiger partial charge in [0.2, 0.25) is 0 Å². The van der Waals surface area contributed by atoms with Crippen LogP contribution in [-0.2, 0) is 6.42 Å². The predicted octanol–water partition coefficient (Wildman–Crippen LogP) is 2.38. The Bertz CT molecular complexity index is 266. The van der Waals surface area contributed by atoms with Crippen molar-refractivity contribution in [3.05, 3.63) is 35.4 Å². The fourth-order valence-corrected chi connectivity index (χ4v) is 1.72. The monoisotopic (exact) mass is 206 g/mol. The number of nitrogens with two attached hydrogens (primary N) is 2. The smallest absolute Gasteiger partial charge is 0.0295 e. The SMILES string of the molecule is CCCc1ccc(C(N)CCCN)cc1. The van der Waals surface area contributed by atoms with Gasteiger partial charge in [-0.15, -0.1) is 0 Å². The van der Waals surface area contributed by atoms with Crippen molar-refractivity contribution in [1.29, 1.82) is 0 Å². The van der Waals surface area contributed by atoms with E-state index in [2.05, 4.69) is 31.2 Å². The number of rotatable bonds is 6. The number of benzene rings is 1. The summed E-state index contributed by atoms with van der Waals surface area (Å²) in [6, 6.07) is 8.80. The Balaban J connectivity index is 2.54. The Labute approximate surface area is 92.7 Å². The summed E-state index contributed by atoms with van der Waals surface area (Å²) in [6.07, 6.45) is 4.32. The Morgan fingerprint density at radius 2 is 1.87 bits per heavy atom. The highest BCUT2D eigenvalue weighted by Crippen LogP contribution is 2.16. The lowest BCUT2D eigenvalue weighted by atomic mass is 10.0. The van der Waals surface area contributed by atoms with Crippen LogP contribution in [0.1, 0.15) is 43.4 Å². The fraction of sp³-hybridized carbons (Fsp3) is 0.538. The summed E-state index contributed by atoms with van der Waals surface area (Å²) in [5.74, 6) is 0. The first-order valence-electron chi connectivity index (χ1n) is 5.82. The van der Waals surface area contributed by atoms with E-state index < -0.39 is 0 Å². The summed E-state index contributed by atoms with van der Waals surface area (Å²) < 4.78 is 0. The molecule has 0 amide bonds. The third kappa shape index (κ3) is 4.02. The van der Waals surface area contributed by atoms with E-state index in [-0.39, 0.29) is 6.04 Å². The van der Waals surface area contributed by atoms with Crippen LogP contribution in [0.4, 0.5) is 0 Å². The molecule has 0 aliphatic rings. The molecule has 1 unspecified atom stereocenters. The van der Waals surface area contributed by atoms with E-state index in [9.17, 15) is 0 Å². The summed E-state index contributed by atoms with van der Waals surface area (Å²) in [4.78, 5) is 0. The van der Waals surface area contributed by atoms with Crippen LogP contribution in [0.2, 0.25) is 0 Å². The molecule has 1 aromatic rings. The van der Waals surface area contributed by atoms with Gasteiger partial charge in [-0.05, 0) is 36.9 Å². The first-order valence-corrected chi connectivity index (χ1v) is 5.82. The Morgan fingerprint density at radius 1 is 1.20 bits per heavy atom. The van der Waals surface area contributed by atoms with Crippen LogP contribution in [-0.4, -0.2) is 6.54 Å². The first-order chi connectivity index (χ1) is 7.27. The van der Waals surface area contributed by atoms with Gasteiger partial charge in [0.25, 0.3) is 0 Å². The van der Waals surface area contributed by atoms with E-state index in [1.807, 2.05) is 0 Å². The average Bonchev–Trinajstić information content (AvgIpc) is 2.27. The van der Waals surface area contributed by atoms with Gasteiger partial charge in [0.15, 0.2) is 0 Å². The van der Waals surface area contributed by atoms with E-state index in [0.717, 1.165) is 25.8 Å². The van der Waals surface area contributed by atoms with Crippen molar-refractivity contribution in [3.63, 3.8) is 0 Å². The minimum atomic E-state index is 0.143. The molecule has 0 bridgehead atoms. The van der Waals surface area contributed by atoms with Crippen molar-refractivity contribution in [2.24, 2.45) is 11.5 Å². The van der Waals surface area contributed by atoms with E-state index in [4.69, 9.17) is 11.5 Å².